The summed E-state index contributed by atoms with van der Waals surface area (Å²) in [5.74, 6) is -0.477. The van der Waals surface area contributed by atoms with Crippen molar-refractivity contribution in [2.45, 2.75) is 26.7 Å². The Bertz CT molecular complexity index is 1070. The summed E-state index contributed by atoms with van der Waals surface area (Å²) < 4.78 is 0. The number of imide groups is 1. The van der Waals surface area contributed by atoms with Gasteiger partial charge in [-0.1, -0.05) is 23.8 Å². The molecular formula is C26H31N3O3. The van der Waals surface area contributed by atoms with Crippen LogP contribution in [0.1, 0.15) is 29.5 Å². The molecule has 0 aromatic heterocycles. The highest BCUT2D eigenvalue weighted by atomic mass is 16.3. The molecule has 1 fully saturated rings. The molecule has 2 heterocycles. The lowest BCUT2D eigenvalue weighted by molar-refractivity contribution is -0.120. The van der Waals surface area contributed by atoms with E-state index in [1.807, 2.05) is 80.2 Å². The highest BCUT2D eigenvalue weighted by molar-refractivity contribution is 6.45. The summed E-state index contributed by atoms with van der Waals surface area (Å²) in [6.45, 7) is 5.36. The van der Waals surface area contributed by atoms with Crippen LogP contribution < -0.4 is 9.80 Å². The van der Waals surface area contributed by atoms with Crippen molar-refractivity contribution in [3.05, 3.63) is 64.9 Å². The molecule has 0 bridgehead atoms. The number of amides is 2. The van der Waals surface area contributed by atoms with E-state index in [0.29, 0.717) is 30.0 Å². The van der Waals surface area contributed by atoms with E-state index >= 15 is 0 Å². The van der Waals surface area contributed by atoms with Crippen LogP contribution in [0.25, 0.3) is 5.57 Å². The molecule has 1 N–H and O–H groups in total. The number of hydrogen-bond acceptors (Lipinski definition) is 5. The third-order valence-electron chi connectivity index (χ3n) is 6.43. The van der Waals surface area contributed by atoms with Gasteiger partial charge in [0.25, 0.3) is 11.8 Å². The fourth-order valence-electron chi connectivity index (χ4n) is 4.70. The van der Waals surface area contributed by atoms with Gasteiger partial charge in [-0.05, 0) is 68.0 Å². The zero-order chi connectivity index (χ0) is 23.0. The van der Waals surface area contributed by atoms with E-state index in [2.05, 4.69) is 0 Å². The SMILES string of the molecule is Cc1ccc(C2=C(N3CCCC(CO)C3)C(=O)N(c3ccc(N(C)C)cc3)C2=O)c(C)c1. The standard InChI is InChI=1S/C26H31N3O3/c1-17-7-12-22(18(2)14-17)23-24(28-13-5-6-19(15-28)16-30)26(32)29(25(23)31)21-10-8-20(9-11-21)27(3)4/h7-12,14,19,30H,5-6,13,15-16H2,1-4H3. The minimum Gasteiger partial charge on any atom is -0.396 e. The number of aliphatic hydroxyl groups is 1. The van der Waals surface area contributed by atoms with E-state index in [1.54, 1.807) is 0 Å². The maximum absolute atomic E-state index is 13.7. The summed E-state index contributed by atoms with van der Waals surface area (Å²) in [5, 5.41) is 9.72. The molecule has 2 aliphatic rings. The van der Waals surface area contributed by atoms with Gasteiger partial charge in [0.1, 0.15) is 5.70 Å². The zero-order valence-corrected chi connectivity index (χ0v) is 19.3. The van der Waals surface area contributed by atoms with Crippen LogP contribution in [0.3, 0.4) is 0 Å². The minimum absolute atomic E-state index is 0.0839. The van der Waals surface area contributed by atoms with Crippen LogP contribution in [-0.4, -0.2) is 55.6 Å². The van der Waals surface area contributed by atoms with Gasteiger partial charge in [0.05, 0.1) is 11.3 Å². The number of rotatable bonds is 5. The summed E-state index contributed by atoms with van der Waals surface area (Å²) >= 11 is 0. The predicted octanol–water partition coefficient (Wildman–Crippen LogP) is 3.36. The van der Waals surface area contributed by atoms with Gasteiger partial charge in [-0.25, -0.2) is 4.90 Å². The van der Waals surface area contributed by atoms with Crippen molar-refractivity contribution in [2.24, 2.45) is 5.92 Å². The number of piperidine rings is 1. The number of nitrogens with zero attached hydrogens (tertiary/aromatic N) is 3. The maximum Gasteiger partial charge on any atom is 0.282 e. The molecule has 0 spiro atoms. The van der Waals surface area contributed by atoms with E-state index < -0.39 is 0 Å². The Balaban J connectivity index is 1.81. The predicted molar refractivity (Wildman–Crippen MR) is 127 cm³/mol. The van der Waals surface area contributed by atoms with Crippen LogP contribution in [0, 0.1) is 19.8 Å². The molecule has 0 radical (unpaired) electrons. The van der Waals surface area contributed by atoms with Crippen molar-refractivity contribution in [3.8, 4) is 0 Å². The second-order valence-corrected chi connectivity index (χ2v) is 9.04. The smallest absolute Gasteiger partial charge is 0.282 e. The van der Waals surface area contributed by atoms with Crippen LogP contribution in [0.2, 0.25) is 0 Å². The van der Waals surface area contributed by atoms with E-state index in [-0.39, 0.29) is 24.3 Å². The molecule has 168 valence electrons. The second kappa shape index (κ2) is 8.79. The van der Waals surface area contributed by atoms with E-state index in [4.69, 9.17) is 0 Å². The largest absolute Gasteiger partial charge is 0.396 e. The Hall–Kier alpha value is -3.12. The number of aryl methyl sites for hydroxylation is 2. The molecule has 1 unspecified atom stereocenters. The van der Waals surface area contributed by atoms with Gasteiger partial charge in [0, 0.05) is 39.5 Å². The summed E-state index contributed by atoms with van der Waals surface area (Å²) in [5.41, 5.74) is 5.36. The first-order valence-corrected chi connectivity index (χ1v) is 11.2. The van der Waals surface area contributed by atoms with Crippen LogP contribution in [0.4, 0.5) is 11.4 Å². The van der Waals surface area contributed by atoms with Crippen LogP contribution >= 0.6 is 0 Å². The van der Waals surface area contributed by atoms with Gasteiger partial charge < -0.3 is 14.9 Å². The van der Waals surface area contributed by atoms with Crippen molar-refractivity contribution in [3.63, 3.8) is 0 Å². The molecular weight excluding hydrogens is 402 g/mol. The van der Waals surface area contributed by atoms with Crippen molar-refractivity contribution < 1.29 is 14.7 Å². The van der Waals surface area contributed by atoms with Gasteiger partial charge in [-0.15, -0.1) is 0 Å². The minimum atomic E-state index is -0.291. The number of aliphatic hydroxyl groups excluding tert-OH is 1. The Labute approximate surface area is 189 Å². The quantitative estimate of drug-likeness (QED) is 0.733. The van der Waals surface area contributed by atoms with E-state index in [1.165, 1.54) is 4.90 Å². The lowest BCUT2D eigenvalue weighted by atomic mass is 9.95. The maximum atomic E-state index is 13.7. The Morgan fingerprint density at radius 3 is 2.38 bits per heavy atom. The van der Waals surface area contributed by atoms with Gasteiger partial charge in [-0.3, -0.25) is 9.59 Å². The highest BCUT2D eigenvalue weighted by Gasteiger charge is 2.43. The molecule has 32 heavy (non-hydrogen) atoms. The fraction of sp³-hybridized carbons (Fsp3) is 0.385. The Kier molecular flexibility index (Phi) is 6.07. The molecule has 2 aliphatic heterocycles. The molecule has 6 heteroatoms. The van der Waals surface area contributed by atoms with Crippen LogP contribution in [-0.2, 0) is 9.59 Å². The molecule has 2 aromatic rings. The first-order chi connectivity index (χ1) is 15.3. The van der Waals surface area contributed by atoms with Gasteiger partial charge in [0.15, 0.2) is 0 Å². The average molecular weight is 434 g/mol. The lowest BCUT2D eigenvalue weighted by Crippen LogP contribution is -2.40. The number of benzene rings is 2. The first kappa shape index (κ1) is 22.1. The summed E-state index contributed by atoms with van der Waals surface area (Å²) in [7, 11) is 3.90. The molecule has 4 rings (SSSR count). The topological polar surface area (TPSA) is 64.1 Å². The Morgan fingerprint density at radius 1 is 1.03 bits per heavy atom. The summed E-state index contributed by atoms with van der Waals surface area (Å²) in [6, 6.07) is 13.4. The zero-order valence-electron chi connectivity index (χ0n) is 19.3. The average Bonchev–Trinajstić information content (AvgIpc) is 3.03. The van der Waals surface area contributed by atoms with Crippen LogP contribution in [0.5, 0.6) is 0 Å². The van der Waals surface area contributed by atoms with Gasteiger partial charge in [-0.2, -0.15) is 0 Å². The number of carbonyl (C=O) groups excluding carboxylic acids is 2. The molecule has 1 saturated heterocycles. The Morgan fingerprint density at radius 2 is 1.75 bits per heavy atom. The van der Waals surface area contributed by atoms with Crippen molar-refractivity contribution >= 4 is 28.8 Å². The number of carbonyl (C=O) groups is 2. The molecule has 1 atom stereocenters. The third-order valence-corrected chi connectivity index (χ3v) is 6.43. The number of hydrogen-bond donors (Lipinski definition) is 1. The van der Waals surface area contributed by atoms with Gasteiger partial charge in [0.2, 0.25) is 0 Å². The van der Waals surface area contributed by atoms with Crippen molar-refractivity contribution in [1.29, 1.82) is 0 Å². The monoisotopic (exact) mass is 433 g/mol. The molecule has 2 amide bonds. The van der Waals surface area contributed by atoms with Gasteiger partial charge >= 0.3 is 0 Å². The molecule has 2 aromatic carbocycles. The number of anilines is 2. The third kappa shape index (κ3) is 3.91. The molecule has 0 saturated carbocycles. The fourth-order valence-corrected chi connectivity index (χ4v) is 4.70. The number of likely N-dealkylation sites (tertiary alicyclic amines) is 1. The normalized spacial score (nSPS) is 19.2. The first-order valence-electron chi connectivity index (χ1n) is 11.2. The highest BCUT2D eigenvalue weighted by Crippen LogP contribution is 2.38. The van der Waals surface area contributed by atoms with E-state index in [0.717, 1.165) is 35.2 Å². The molecule has 6 nitrogen and oxygen atoms in total. The lowest BCUT2D eigenvalue weighted by Gasteiger charge is -2.34. The molecule has 0 aliphatic carbocycles. The summed E-state index contributed by atoms with van der Waals surface area (Å²) in [6.07, 6.45) is 1.81. The second-order valence-electron chi connectivity index (χ2n) is 9.04. The van der Waals surface area contributed by atoms with Crippen molar-refractivity contribution in [2.75, 3.05) is 43.6 Å². The van der Waals surface area contributed by atoms with Crippen molar-refractivity contribution in [1.82, 2.24) is 4.90 Å². The van der Waals surface area contributed by atoms with E-state index in [9.17, 15) is 14.7 Å². The summed E-state index contributed by atoms with van der Waals surface area (Å²) in [4.78, 5) is 32.7. The van der Waals surface area contributed by atoms with Crippen LogP contribution in [0.15, 0.2) is 48.2 Å².